The van der Waals surface area contributed by atoms with Gasteiger partial charge in [-0.1, -0.05) is 84.9 Å². The molecule has 1 aliphatic rings. The SMILES string of the molecule is CCOc1ccc(CCC(=O)N(Cc2ccc(Cl)cc2Cl)[C@H](Cc2ccccc2)C(=O)NC2CCCCC2)cc1OCC. The quantitative estimate of drug-likeness (QED) is 0.199. The minimum absolute atomic E-state index is 0.122. The van der Waals surface area contributed by atoms with E-state index in [-0.39, 0.29) is 30.8 Å². The Balaban J connectivity index is 1.62. The molecule has 0 heterocycles. The highest BCUT2D eigenvalue weighted by Gasteiger charge is 2.32. The lowest BCUT2D eigenvalue weighted by Crippen LogP contribution is -2.53. The lowest BCUT2D eigenvalue weighted by molar-refractivity contribution is -0.141. The normalized spacial score (nSPS) is 14.1. The molecule has 0 unspecified atom stereocenters. The second-order valence-corrected chi connectivity index (χ2v) is 11.8. The summed E-state index contributed by atoms with van der Waals surface area (Å²) in [6.45, 7) is 5.09. The van der Waals surface area contributed by atoms with E-state index in [1.54, 1.807) is 17.0 Å². The molecule has 3 aromatic carbocycles. The molecule has 1 N–H and O–H groups in total. The second-order valence-electron chi connectivity index (χ2n) is 11.0. The van der Waals surface area contributed by atoms with E-state index < -0.39 is 6.04 Å². The monoisotopic (exact) mass is 624 g/mol. The lowest BCUT2D eigenvalue weighted by atomic mass is 9.94. The maximum absolute atomic E-state index is 14.1. The van der Waals surface area contributed by atoms with Crippen LogP contribution in [0.25, 0.3) is 0 Å². The topological polar surface area (TPSA) is 67.9 Å². The zero-order chi connectivity index (χ0) is 30.6. The van der Waals surface area contributed by atoms with Gasteiger partial charge in [-0.25, -0.2) is 0 Å². The molecule has 0 aromatic heterocycles. The average molecular weight is 626 g/mol. The molecular weight excluding hydrogens is 583 g/mol. The van der Waals surface area contributed by atoms with E-state index in [4.69, 9.17) is 32.7 Å². The first kappa shape index (κ1) is 32.7. The number of carbonyl (C=O) groups is 2. The van der Waals surface area contributed by atoms with Crippen molar-refractivity contribution in [1.29, 1.82) is 0 Å². The third-order valence-electron chi connectivity index (χ3n) is 7.81. The highest BCUT2D eigenvalue weighted by molar-refractivity contribution is 6.35. The number of hydrogen-bond acceptors (Lipinski definition) is 4. The van der Waals surface area contributed by atoms with Gasteiger partial charge in [-0.05, 0) is 74.1 Å². The minimum atomic E-state index is -0.706. The van der Waals surface area contributed by atoms with E-state index in [1.807, 2.05) is 68.4 Å². The Labute approximate surface area is 265 Å². The molecule has 1 atom stereocenters. The summed E-state index contributed by atoms with van der Waals surface area (Å²) >= 11 is 12.8. The molecule has 0 aliphatic heterocycles. The first-order valence-corrected chi connectivity index (χ1v) is 16.1. The van der Waals surface area contributed by atoms with Crippen LogP contribution in [0.1, 0.15) is 69.1 Å². The molecule has 1 aliphatic carbocycles. The van der Waals surface area contributed by atoms with Crippen LogP contribution in [0.2, 0.25) is 10.0 Å². The number of nitrogens with one attached hydrogen (secondary N) is 1. The van der Waals surface area contributed by atoms with Crippen LogP contribution in [0.5, 0.6) is 11.5 Å². The molecule has 3 aromatic rings. The Morgan fingerprint density at radius 3 is 2.30 bits per heavy atom. The maximum atomic E-state index is 14.1. The summed E-state index contributed by atoms with van der Waals surface area (Å²) in [7, 11) is 0. The van der Waals surface area contributed by atoms with E-state index in [9.17, 15) is 9.59 Å². The molecule has 1 saturated carbocycles. The largest absolute Gasteiger partial charge is 0.490 e. The van der Waals surface area contributed by atoms with Gasteiger partial charge in [0, 0.05) is 35.5 Å². The van der Waals surface area contributed by atoms with Crippen LogP contribution in [0.15, 0.2) is 66.7 Å². The molecule has 0 saturated heterocycles. The molecule has 43 heavy (non-hydrogen) atoms. The number of amides is 2. The van der Waals surface area contributed by atoms with E-state index in [2.05, 4.69) is 5.32 Å². The Morgan fingerprint density at radius 2 is 1.60 bits per heavy atom. The molecule has 6 nitrogen and oxygen atoms in total. The predicted molar refractivity (Wildman–Crippen MR) is 173 cm³/mol. The van der Waals surface area contributed by atoms with Gasteiger partial charge in [-0.3, -0.25) is 9.59 Å². The van der Waals surface area contributed by atoms with E-state index in [0.29, 0.717) is 47.6 Å². The predicted octanol–water partition coefficient (Wildman–Crippen LogP) is 7.81. The number of hydrogen-bond donors (Lipinski definition) is 1. The zero-order valence-electron chi connectivity index (χ0n) is 25.1. The molecule has 4 rings (SSSR count). The van der Waals surface area contributed by atoms with Crippen molar-refractivity contribution in [3.8, 4) is 11.5 Å². The highest BCUT2D eigenvalue weighted by Crippen LogP contribution is 2.30. The Bertz CT molecular complexity index is 1340. The Kier molecular flexibility index (Phi) is 12.6. The van der Waals surface area contributed by atoms with E-state index in [0.717, 1.165) is 42.4 Å². The molecule has 1 fully saturated rings. The second kappa shape index (κ2) is 16.6. The van der Waals surface area contributed by atoms with Gasteiger partial charge in [0.2, 0.25) is 11.8 Å². The van der Waals surface area contributed by atoms with Crippen molar-refractivity contribution in [2.24, 2.45) is 0 Å². The molecule has 0 bridgehead atoms. The number of benzene rings is 3. The maximum Gasteiger partial charge on any atom is 0.243 e. The third kappa shape index (κ3) is 9.64. The van der Waals surface area contributed by atoms with Gasteiger partial charge in [0.1, 0.15) is 6.04 Å². The molecule has 8 heteroatoms. The fraction of sp³-hybridized carbons (Fsp3) is 0.429. The number of nitrogens with zero attached hydrogens (tertiary/aromatic N) is 1. The fourth-order valence-electron chi connectivity index (χ4n) is 5.58. The van der Waals surface area contributed by atoms with Crippen LogP contribution >= 0.6 is 23.2 Å². The van der Waals surface area contributed by atoms with Crippen LogP contribution in [-0.2, 0) is 29.0 Å². The van der Waals surface area contributed by atoms with Crippen LogP contribution < -0.4 is 14.8 Å². The van der Waals surface area contributed by atoms with Crippen molar-refractivity contribution >= 4 is 35.0 Å². The number of halogens is 2. The Morgan fingerprint density at radius 1 is 0.884 bits per heavy atom. The van der Waals surface area contributed by atoms with Crippen molar-refractivity contribution in [1.82, 2.24) is 10.2 Å². The summed E-state index contributed by atoms with van der Waals surface area (Å²) < 4.78 is 11.5. The number of ether oxygens (including phenoxy) is 2. The van der Waals surface area contributed by atoms with Gasteiger partial charge < -0.3 is 19.7 Å². The van der Waals surface area contributed by atoms with Gasteiger partial charge in [-0.15, -0.1) is 0 Å². The average Bonchev–Trinajstić information content (AvgIpc) is 3.01. The standard InChI is InChI=1S/C35H42Cl2N2O4/c1-3-42-32-19-15-26(22-33(32)43-4-2)16-20-34(40)39(24-27-17-18-28(36)23-30(27)37)31(21-25-11-7-5-8-12-25)35(41)38-29-13-9-6-10-14-29/h5,7-8,11-12,15,17-19,22-23,29,31H,3-4,6,9-10,13-14,16,20-21,24H2,1-2H3,(H,38,41)/t31-/m1/s1. The number of aryl methyl sites for hydroxylation is 1. The summed E-state index contributed by atoms with van der Waals surface area (Å²) in [4.78, 5) is 29.8. The van der Waals surface area contributed by atoms with E-state index in [1.165, 1.54) is 6.42 Å². The Hall–Kier alpha value is -3.22. The van der Waals surface area contributed by atoms with Gasteiger partial charge in [-0.2, -0.15) is 0 Å². The van der Waals surface area contributed by atoms with Crippen LogP contribution in [0.4, 0.5) is 0 Å². The molecule has 0 radical (unpaired) electrons. The van der Waals surface area contributed by atoms with Gasteiger partial charge in [0.25, 0.3) is 0 Å². The molecular formula is C35H42Cl2N2O4. The van der Waals surface area contributed by atoms with Crippen molar-refractivity contribution in [3.63, 3.8) is 0 Å². The van der Waals surface area contributed by atoms with Crippen LogP contribution in [0.3, 0.4) is 0 Å². The summed E-state index contributed by atoms with van der Waals surface area (Å²) in [6, 6.07) is 20.3. The highest BCUT2D eigenvalue weighted by atomic mass is 35.5. The number of carbonyl (C=O) groups excluding carboxylic acids is 2. The molecule has 230 valence electrons. The fourth-order valence-corrected chi connectivity index (χ4v) is 6.05. The number of rotatable bonds is 14. The lowest BCUT2D eigenvalue weighted by Gasteiger charge is -2.34. The van der Waals surface area contributed by atoms with Crippen molar-refractivity contribution in [2.75, 3.05) is 13.2 Å². The summed E-state index contributed by atoms with van der Waals surface area (Å²) in [6.07, 6.45) is 6.41. The van der Waals surface area contributed by atoms with Crippen LogP contribution in [0, 0.1) is 0 Å². The first-order valence-electron chi connectivity index (χ1n) is 15.3. The van der Waals surface area contributed by atoms with Gasteiger partial charge in [0.05, 0.1) is 13.2 Å². The smallest absolute Gasteiger partial charge is 0.243 e. The van der Waals surface area contributed by atoms with Crippen molar-refractivity contribution < 1.29 is 19.1 Å². The molecule has 2 amide bonds. The molecule has 0 spiro atoms. The van der Waals surface area contributed by atoms with Crippen molar-refractivity contribution in [2.45, 2.75) is 83.8 Å². The summed E-state index contributed by atoms with van der Waals surface area (Å²) in [5, 5.41) is 4.26. The van der Waals surface area contributed by atoms with Crippen LogP contribution in [-0.4, -0.2) is 42.0 Å². The van der Waals surface area contributed by atoms with Gasteiger partial charge >= 0.3 is 0 Å². The van der Waals surface area contributed by atoms with E-state index >= 15 is 0 Å². The zero-order valence-corrected chi connectivity index (χ0v) is 26.6. The summed E-state index contributed by atoms with van der Waals surface area (Å²) in [5.41, 5.74) is 2.68. The van der Waals surface area contributed by atoms with Crippen molar-refractivity contribution in [3.05, 3.63) is 93.5 Å². The summed E-state index contributed by atoms with van der Waals surface area (Å²) in [5.74, 6) is 1.08. The first-order chi connectivity index (χ1) is 20.9. The minimum Gasteiger partial charge on any atom is -0.490 e. The van der Waals surface area contributed by atoms with Gasteiger partial charge in [0.15, 0.2) is 11.5 Å². The third-order valence-corrected chi connectivity index (χ3v) is 8.40.